The third-order valence-electron chi connectivity index (χ3n) is 4.40. The molecular formula is C20H22FNO2. The Morgan fingerprint density at radius 2 is 1.71 bits per heavy atom. The van der Waals surface area contributed by atoms with E-state index < -0.39 is 0 Å². The van der Waals surface area contributed by atoms with Crippen LogP contribution in [0.2, 0.25) is 0 Å². The van der Waals surface area contributed by atoms with E-state index >= 15 is 0 Å². The maximum Gasteiger partial charge on any atom is 0.185 e. The highest BCUT2D eigenvalue weighted by Crippen LogP contribution is 2.27. The highest BCUT2D eigenvalue weighted by molar-refractivity contribution is 6.24. The minimum absolute atomic E-state index is 0.0238. The Kier molecular flexibility index (Phi) is 5.60. The molecule has 0 heterocycles. The van der Waals surface area contributed by atoms with Crippen LogP contribution in [0.25, 0.3) is 0 Å². The number of ketones is 2. The van der Waals surface area contributed by atoms with Crippen molar-refractivity contribution in [1.29, 1.82) is 0 Å². The molecule has 3 nitrogen and oxygen atoms in total. The Morgan fingerprint density at radius 3 is 2.38 bits per heavy atom. The van der Waals surface area contributed by atoms with Gasteiger partial charge in [-0.1, -0.05) is 6.07 Å². The largest absolute Gasteiger partial charge is 0.289 e. The number of hydrogen-bond acceptors (Lipinski definition) is 3. The first-order valence-corrected chi connectivity index (χ1v) is 8.07. The fraction of sp³-hybridized carbons (Fsp3) is 0.350. The molecule has 0 unspecified atom stereocenters. The molecule has 0 aliphatic heterocycles. The van der Waals surface area contributed by atoms with Crippen molar-refractivity contribution in [2.24, 2.45) is 4.99 Å². The predicted octanol–water partition coefficient (Wildman–Crippen LogP) is 4.89. The highest BCUT2D eigenvalue weighted by atomic mass is 19.1. The molecule has 0 fully saturated rings. The number of hydrogen-bond donors (Lipinski definition) is 0. The van der Waals surface area contributed by atoms with Gasteiger partial charge in [0.2, 0.25) is 0 Å². The Morgan fingerprint density at radius 1 is 1.04 bits per heavy atom. The summed E-state index contributed by atoms with van der Waals surface area (Å²) < 4.78 is 13.2. The molecule has 0 N–H and O–H groups in total. The number of Topliss-reactive ketones (excluding diaryl/α,β-unsaturated/α-hetero) is 2. The van der Waals surface area contributed by atoms with E-state index in [1.165, 1.54) is 12.1 Å². The lowest BCUT2D eigenvalue weighted by atomic mass is 9.84. The van der Waals surface area contributed by atoms with Crippen LogP contribution in [0.3, 0.4) is 0 Å². The Labute approximate surface area is 142 Å². The van der Waals surface area contributed by atoms with Gasteiger partial charge in [-0.25, -0.2) is 4.39 Å². The molecule has 126 valence electrons. The molecule has 0 amide bonds. The number of aliphatic imine (C=N–C) groups is 1. The monoisotopic (exact) mass is 327 g/mol. The van der Waals surface area contributed by atoms with Crippen LogP contribution in [0.4, 0.5) is 10.1 Å². The molecule has 1 aliphatic carbocycles. The molecule has 0 aromatic heterocycles. The van der Waals surface area contributed by atoms with Gasteiger partial charge in [0.1, 0.15) is 5.82 Å². The van der Waals surface area contributed by atoms with Gasteiger partial charge in [0.25, 0.3) is 0 Å². The average molecular weight is 327 g/mol. The van der Waals surface area contributed by atoms with Gasteiger partial charge in [0, 0.05) is 28.0 Å². The number of halogens is 1. The molecule has 4 heteroatoms. The Hall–Kier alpha value is -2.36. The molecule has 0 saturated heterocycles. The van der Waals surface area contributed by atoms with Crippen molar-refractivity contribution in [2.75, 3.05) is 0 Å². The molecule has 1 aromatic rings. The molecule has 0 spiro atoms. The number of benzene rings is 1. The Bertz CT molecular complexity index is 785. The lowest BCUT2D eigenvalue weighted by Crippen LogP contribution is -2.20. The summed E-state index contributed by atoms with van der Waals surface area (Å²) >= 11 is 0. The van der Waals surface area contributed by atoms with Crippen molar-refractivity contribution in [2.45, 2.75) is 47.0 Å². The van der Waals surface area contributed by atoms with Crippen molar-refractivity contribution in [1.82, 2.24) is 0 Å². The van der Waals surface area contributed by atoms with Crippen molar-refractivity contribution < 1.29 is 14.0 Å². The zero-order chi connectivity index (χ0) is 17.9. The van der Waals surface area contributed by atoms with Crippen molar-refractivity contribution in [3.63, 3.8) is 0 Å². The fourth-order valence-electron chi connectivity index (χ4n) is 2.80. The van der Waals surface area contributed by atoms with Gasteiger partial charge < -0.3 is 0 Å². The summed E-state index contributed by atoms with van der Waals surface area (Å²) in [5.41, 5.74) is 3.72. The predicted molar refractivity (Wildman–Crippen MR) is 94.1 cm³/mol. The summed E-state index contributed by atoms with van der Waals surface area (Å²) in [5.74, 6) is -0.370. The number of allylic oxidation sites excluding steroid dienone is 4. The molecule has 2 rings (SSSR count). The van der Waals surface area contributed by atoms with E-state index in [2.05, 4.69) is 4.99 Å². The zero-order valence-electron chi connectivity index (χ0n) is 14.6. The van der Waals surface area contributed by atoms with E-state index in [1.54, 1.807) is 32.9 Å². The van der Waals surface area contributed by atoms with Gasteiger partial charge in [-0.15, -0.1) is 0 Å². The van der Waals surface area contributed by atoms with E-state index in [9.17, 15) is 14.0 Å². The highest BCUT2D eigenvalue weighted by Gasteiger charge is 2.27. The summed E-state index contributed by atoms with van der Waals surface area (Å²) in [6, 6.07) is 6.14. The van der Waals surface area contributed by atoms with Crippen LogP contribution in [0.5, 0.6) is 0 Å². The lowest BCUT2D eigenvalue weighted by molar-refractivity contribution is -0.116. The summed E-state index contributed by atoms with van der Waals surface area (Å²) in [4.78, 5) is 28.9. The van der Waals surface area contributed by atoms with Crippen LogP contribution in [0.15, 0.2) is 51.6 Å². The molecule has 0 bridgehead atoms. The molecule has 1 aromatic carbocycles. The van der Waals surface area contributed by atoms with Gasteiger partial charge in [0.15, 0.2) is 11.6 Å². The van der Waals surface area contributed by atoms with E-state index in [0.29, 0.717) is 40.8 Å². The first kappa shape index (κ1) is 18.0. The second kappa shape index (κ2) is 7.47. The average Bonchev–Trinajstić information content (AvgIpc) is 2.54. The van der Waals surface area contributed by atoms with Crippen molar-refractivity contribution in [3.8, 4) is 0 Å². The van der Waals surface area contributed by atoms with E-state index in [0.717, 1.165) is 12.1 Å². The maximum absolute atomic E-state index is 13.2. The second-order valence-corrected chi connectivity index (χ2v) is 6.19. The topological polar surface area (TPSA) is 46.5 Å². The lowest BCUT2D eigenvalue weighted by Gasteiger charge is -2.18. The van der Waals surface area contributed by atoms with Crippen molar-refractivity contribution in [3.05, 3.63) is 52.4 Å². The summed E-state index contributed by atoms with van der Waals surface area (Å²) in [5, 5.41) is 0. The first-order chi connectivity index (χ1) is 11.3. The minimum atomic E-state index is -0.311. The zero-order valence-corrected chi connectivity index (χ0v) is 14.6. The van der Waals surface area contributed by atoms with Crippen LogP contribution < -0.4 is 0 Å². The number of rotatable bonds is 5. The minimum Gasteiger partial charge on any atom is -0.289 e. The number of carbonyl (C=O) groups is 2. The van der Waals surface area contributed by atoms with Crippen molar-refractivity contribution >= 4 is 23.0 Å². The van der Waals surface area contributed by atoms with Crippen LogP contribution >= 0.6 is 0 Å². The van der Waals surface area contributed by atoms with Gasteiger partial charge in [-0.3, -0.25) is 14.6 Å². The van der Waals surface area contributed by atoms with Gasteiger partial charge in [0.05, 0.1) is 5.69 Å². The van der Waals surface area contributed by atoms with E-state index in [-0.39, 0.29) is 17.4 Å². The van der Waals surface area contributed by atoms with E-state index in [4.69, 9.17) is 0 Å². The normalized spacial score (nSPS) is 16.3. The van der Waals surface area contributed by atoms with Gasteiger partial charge in [-0.05, 0) is 65.2 Å². The maximum atomic E-state index is 13.2. The molecule has 24 heavy (non-hydrogen) atoms. The van der Waals surface area contributed by atoms with E-state index in [1.807, 2.05) is 6.92 Å². The molecular weight excluding hydrogens is 305 g/mol. The van der Waals surface area contributed by atoms with Gasteiger partial charge >= 0.3 is 0 Å². The summed E-state index contributed by atoms with van der Waals surface area (Å²) in [6.45, 7) is 7.01. The van der Waals surface area contributed by atoms with Crippen LogP contribution in [0, 0.1) is 5.82 Å². The second-order valence-electron chi connectivity index (χ2n) is 6.19. The summed E-state index contributed by atoms with van der Waals surface area (Å²) in [6.07, 6.45) is 1.97. The van der Waals surface area contributed by atoms with Crippen LogP contribution in [-0.2, 0) is 9.59 Å². The van der Waals surface area contributed by atoms with Crippen LogP contribution in [0.1, 0.15) is 47.0 Å². The Balaban J connectivity index is 2.01. The quantitative estimate of drug-likeness (QED) is 0.571. The summed E-state index contributed by atoms with van der Waals surface area (Å²) in [7, 11) is 0. The first-order valence-electron chi connectivity index (χ1n) is 8.07. The number of carbonyl (C=O) groups excluding carboxylic acids is 2. The number of nitrogens with zero attached hydrogens (tertiary/aromatic N) is 1. The fourth-order valence-corrected chi connectivity index (χ4v) is 2.80. The smallest absolute Gasteiger partial charge is 0.185 e. The molecule has 1 aliphatic rings. The molecule has 0 radical (unpaired) electrons. The third-order valence-corrected chi connectivity index (χ3v) is 4.40. The third kappa shape index (κ3) is 3.94. The SMILES string of the molecule is CC1=C(C)C(=O)C(CCC/C(C)=N/c2cccc(F)c2)=C(C)C1=O. The standard InChI is InChI=1S/C20H22FNO2/c1-12(22-17-9-6-8-16(21)11-17)7-5-10-18-15(4)19(23)13(2)14(3)20(18)24/h6,8-9,11H,5,7,10H2,1-4H3/b22-12+. The van der Waals surface area contributed by atoms with Gasteiger partial charge in [-0.2, -0.15) is 0 Å². The molecule has 0 atom stereocenters. The van der Waals surface area contributed by atoms with Crippen LogP contribution in [-0.4, -0.2) is 17.3 Å². The molecule has 0 saturated carbocycles.